The molecule has 0 aromatic heterocycles. The lowest BCUT2D eigenvalue weighted by atomic mass is 10.0. The zero-order valence-electron chi connectivity index (χ0n) is 13.6. The van der Waals surface area contributed by atoms with Gasteiger partial charge in [-0.1, -0.05) is 43.2 Å². The van der Waals surface area contributed by atoms with E-state index in [1.54, 1.807) is 4.90 Å². The maximum atomic E-state index is 12.3. The lowest BCUT2D eigenvalue weighted by Crippen LogP contribution is -2.41. The van der Waals surface area contributed by atoms with Crippen molar-refractivity contribution in [3.05, 3.63) is 35.4 Å². The molecular weight excluding hydrogens is 276 g/mol. The standard InChI is InChI=1S/C18H26N2O2/c1-3-16(15-10-8-14(2)9-11-15)19-17(21)13-20-12-6-4-5-7-18(20)22/h8-11,16H,3-7,12-13H2,1-2H3,(H,19,21). The highest BCUT2D eigenvalue weighted by Gasteiger charge is 2.20. The zero-order valence-corrected chi connectivity index (χ0v) is 13.6. The molecule has 120 valence electrons. The molecule has 1 saturated heterocycles. The van der Waals surface area contributed by atoms with Gasteiger partial charge in [-0.05, 0) is 31.7 Å². The topological polar surface area (TPSA) is 49.4 Å². The summed E-state index contributed by atoms with van der Waals surface area (Å²) in [4.78, 5) is 25.9. The molecule has 2 amide bonds. The number of likely N-dealkylation sites (tertiary alicyclic amines) is 1. The van der Waals surface area contributed by atoms with Crippen molar-refractivity contribution in [1.29, 1.82) is 0 Å². The fourth-order valence-electron chi connectivity index (χ4n) is 2.84. The van der Waals surface area contributed by atoms with Crippen molar-refractivity contribution in [2.24, 2.45) is 0 Å². The second-order valence-electron chi connectivity index (χ2n) is 6.06. The second-order valence-corrected chi connectivity index (χ2v) is 6.06. The average Bonchev–Trinajstić information content (AvgIpc) is 2.71. The smallest absolute Gasteiger partial charge is 0.240 e. The summed E-state index contributed by atoms with van der Waals surface area (Å²) in [5.41, 5.74) is 2.32. The average molecular weight is 302 g/mol. The molecule has 1 unspecified atom stereocenters. The van der Waals surface area contributed by atoms with E-state index in [0.717, 1.165) is 31.2 Å². The number of rotatable bonds is 5. The molecule has 2 rings (SSSR count). The number of nitrogens with one attached hydrogen (secondary N) is 1. The minimum Gasteiger partial charge on any atom is -0.348 e. The van der Waals surface area contributed by atoms with Crippen molar-refractivity contribution in [1.82, 2.24) is 10.2 Å². The molecule has 0 spiro atoms. The maximum Gasteiger partial charge on any atom is 0.240 e. The van der Waals surface area contributed by atoms with E-state index in [0.29, 0.717) is 13.0 Å². The summed E-state index contributed by atoms with van der Waals surface area (Å²) in [5, 5.41) is 3.06. The SMILES string of the molecule is CCC(NC(=O)CN1CCCCCC1=O)c1ccc(C)cc1. The van der Waals surface area contributed by atoms with Crippen LogP contribution in [-0.2, 0) is 9.59 Å². The van der Waals surface area contributed by atoms with Crippen molar-refractivity contribution in [2.75, 3.05) is 13.1 Å². The molecule has 4 nitrogen and oxygen atoms in total. The monoisotopic (exact) mass is 302 g/mol. The third-order valence-electron chi connectivity index (χ3n) is 4.23. The van der Waals surface area contributed by atoms with E-state index >= 15 is 0 Å². The number of nitrogens with zero attached hydrogens (tertiary/aromatic N) is 1. The number of amides is 2. The van der Waals surface area contributed by atoms with Crippen LogP contribution in [0.3, 0.4) is 0 Å². The molecular formula is C18H26N2O2. The molecule has 1 atom stereocenters. The van der Waals surface area contributed by atoms with E-state index in [2.05, 4.69) is 36.5 Å². The van der Waals surface area contributed by atoms with Gasteiger partial charge in [0.15, 0.2) is 0 Å². The molecule has 0 aliphatic carbocycles. The molecule has 0 radical (unpaired) electrons. The molecule has 1 aliphatic rings. The van der Waals surface area contributed by atoms with Gasteiger partial charge in [0.2, 0.25) is 11.8 Å². The summed E-state index contributed by atoms with van der Waals surface area (Å²) >= 11 is 0. The Balaban J connectivity index is 1.94. The highest BCUT2D eigenvalue weighted by molar-refractivity contribution is 5.85. The third-order valence-corrected chi connectivity index (χ3v) is 4.23. The van der Waals surface area contributed by atoms with Crippen molar-refractivity contribution in [3.63, 3.8) is 0 Å². The van der Waals surface area contributed by atoms with Gasteiger partial charge in [-0.15, -0.1) is 0 Å². The van der Waals surface area contributed by atoms with Gasteiger partial charge in [0, 0.05) is 13.0 Å². The molecule has 0 bridgehead atoms. The van der Waals surface area contributed by atoms with Gasteiger partial charge < -0.3 is 10.2 Å². The van der Waals surface area contributed by atoms with Crippen LogP contribution in [0, 0.1) is 6.92 Å². The molecule has 1 aromatic rings. The van der Waals surface area contributed by atoms with E-state index < -0.39 is 0 Å². The van der Waals surface area contributed by atoms with Crippen LogP contribution in [0.15, 0.2) is 24.3 Å². The van der Waals surface area contributed by atoms with Gasteiger partial charge in [0.1, 0.15) is 0 Å². The first-order valence-corrected chi connectivity index (χ1v) is 8.24. The Morgan fingerprint density at radius 1 is 1.23 bits per heavy atom. The highest BCUT2D eigenvalue weighted by atomic mass is 16.2. The quantitative estimate of drug-likeness (QED) is 0.909. The van der Waals surface area contributed by atoms with Crippen LogP contribution in [-0.4, -0.2) is 29.8 Å². The Bertz CT molecular complexity index is 510. The summed E-state index contributed by atoms with van der Waals surface area (Å²) in [7, 11) is 0. The number of benzene rings is 1. The predicted octanol–water partition coefficient (Wildman–Crippen LogP) is 2.96. The minimum atomic E-state index is -0.0670. The summed E-state index contributed by atoms with van der Waals surface area (Å²) < 4.78 is 0. The van der Waals surface area contributed by atoms with E-state index in [4.69, 9.17) is 0 Å². The maximum absolute atomic E-state index is 12.3. The number of aryl methyl sites for hydroxylation is 1. The lowest BCUT2D eigenvalue weighted by Gasteiger charge is -2.23. The first-order valence-electron chi connectivity index (χ1n) is 8.24. The van der Waals surface area contributed by atoms with Crippen molar-refractivity contribution in [3.8, 4) is 0 Å². The molecule has 1 N–H and O–H groups in total. The van der Waals surface area contributed by atoms with Crippen LogP contribution in [0.4, 0.5) is 0 Å². The Morgan fingerprint density at radius 2 is 1.95 bits per heavy atom. The summed E-state index contributed by atoms with van der Waals surface area (Å²) in [6.45, 7) is 4.99. The van der Waals surface area contributed by atoms with Gasteiger partial charge in [-0.25, -0.2) is 0 Å². The van der Waals surface area contributed by atoms with Crippen molar-refractivity contribution < 1.29 is 9.59 Å². The van der Waals surface area contributed by atoms with Gasteiger partial charge in [-0.2, -0.15) is 0 Å². The fraction of sp³-hybridized carbons (Fsp3) is 0.556. The van der Waals surface area contributed by atoms with Crippen molar-refractivity contribution in [2.45, 2.75) is 52.0 Å². The molecule has 1 aliphatic heterocycles. The van der Waals surface area contributed by atoms with Gasteiger partial charge >= 0.3 is 0 Å². The van der Waals surface area contributed by atoms with Crippen LogP contribution >= 0.6 is 0 Å². The van der Waals surface area contributed by atoms with E-state index in [1.165, 1.54) is 5.56 Å². The van der Waals surface area contributed by atoms with Crippen LogP contribution in [0.2, 0.25) is 0 Å². The number of carbonyl (C=O) groups excluding carboxylic acids is 2. The number of hydrogen-bond donors (Lipinski definition) is 1. The molecule has 1 heterocycles. The van der Waals surface area contributed by atoms with Crippen LogP contribution in [0.5, 0.6) is 0 Å². The molecule has 22 heavy (non-hydrogen) atoms. The molecule has 4 heteroatoms. The van der Waals surface area contributed by atoms with E-state index in [1.807, 2.05) is 6.92 Å². The molecule has 0 saturated carbocycles. The highest BCUT2D eigenvalue weighted by Crippen LogP contribution is 2.17. The summed E-state index contributed by atoms with van der Waals surface area (Å²) in [5.74, 6) is 0.0405. The van der Waals surface area contributed by atoms with Crippen LogP contribution in [0.25, 0.3) is 0 Å². The van der Waals surface area contributed by atoms with Gasteiger partial charge in [0.05, 0.1) is 12.6 Å². The van der Waals surface area contributed by atoms with Crippen molar-refractivity contribution >= 4 is 11.8 Å². The first kappa shape index (κ1) is 16.5. The minimum absolute atomic E-state index is 0.00943. The van der Waals surface area contributed by atoms with Gasteiger partial charge in [-0.3, -0.25) is 9.59 Å². The summed E-state index contributed by atoms with van der Waals surface area (Å²) in [6, 6.07) is 8.24. The number of hydrogen-bond acceptors (Lipinski definition) is 2. The Kier molecular flexibility index (Phi) is 5.99. The first-order chi connectivity index (χ1) is 10.6. The van der Waals surface area contributed by atoms with Crippen LogP contribution < -0.4 is 5.32 Å². The number of carbonyl (C=O) groups is 2. The van der Waals surface area contributed by atoms with E-state index in [9.17, 15) is 9.59 Å². The predicted molar refractivity (Wildman–Crippen MR) is 87.4 cm³/mol. The summed E-state index contributed by atoms with van der Waals surface area (Å²) in [6.07, 6.45) is 4.42. The Morgan fingerprint density at radius 3 is 2.64 bits per heavy atom. The Hall–Kier alpha value is -1.84. The molecule has 1 aromatic carbocycles. The van der Waals surface area contributed by atoms with Crippen LogP contribution in [0.1, 0.15) is 56.2 Å². The zero-order chi connectivity index (χ0) is 15.9. The van der Waals surface area contributed by atoms with Gasteiger partial charge in [0.25, 0.3) is 0 Å². The second kappa shape index (κ2) is 7.97. The fourth-order valence-corrected chi connectivity index (χ4v) is 2.84. The Labute approximate surface area is 132 Å². The lowest BCUT2D eigenvalue weighted by molar-refractivity contribution is -0.135. The van der Waals surface area contributed by atoms with E-state index in [-0.39, 0.29) is 24.4 Å². The third kappa shape index (κ3) is 4.58. The molecule has 1 fully saturated rings. The normalized spacial score (nSPS) is 17.0. The largest absolute Gasteiger partial charge is 0.348 e.